The first kappa shape index (κ1) is 16.7. The van der Waals surface area contributed by atoms with E-state index in [-0.39, 0.29) is 5.82 Å². The van der Waals surface area contributed by atoms with Crippen LogP contribution < -0.4 is 21.2 Å². The summed E-state index contributed by atoms with van der Waals surface area (Å²) in [5.41, 5.74) is 0. The smallest absolute Gasteiger partial charge is 0.144 e. The van der Waals surface area contributed by atoms with Crippen molar-refractivity contribution in [1.82, 2.24) is 0 Å². The Labute approximate surface area is 154 Å². The lowest BCUT2D eigenvalue weighted by atomic mass is 10.3. The van der Waals surface area contributed by atoms with Gasteiger partial charge in [-0.05, 0) is 60.7 Å². The van der Waals surface area contributed by atoms with Gasteiger partial charge in [0.05, 0.1) is 0 Å². The summed E-state index contributed by atoms with van der Waals surface area (Å²) in [6.45, 7) is 0. The monoisotopic (exact) mass is 356 g/mol. The maximum Gasteiger partial charge on any atom is 0.144 e. The Morgan fingerprint density at radius 3 is 1.04 bits per heavy atom. The minimum Gasteiger partial charge on any atom is -0.207 e. The Hall–Kier alpha value is -2.76. The van der Waals surface area contributed by atoms with Gasteiger partial charge in [0, 0.05) is 0 Å². The van der Waals surface area contributed by atoms with Gasteiger partial charge in [-0.15, -0.1) is 0 Å². The molecule has 4 aromatic rings. The van der Waals surface area contributed by atoms with E-state index in [2.05, 4.69) is 72.8 Å². The molecule has 0 bridgehead atoms. The lowest BCUT2D eigenvalue weighted by Crippen LogP contribution is -2.38. The highest BCUT2D eigenvalue weighted by Gasteiger charge is 2.47. The normalized spacial score (nSPS) is 11.3. The topological polar surface area (TPSA) is 0 Å². The molecule has 0 amide bonds. The van der Waals surface area contributed by atoms with Crippen molar-refractivity contribution in [2.45, 2.75) is 0 Å². The van der Waals surface area contributed by atoms with E-state index in [0.29, 0.717) is 0 Å². The van der Waals surface area contributed by atoms with Crippen LogP contribution in [0.5, 0.6) is 0 Å². The Bertz CT molecular complexity index is 868. The number of rotatable bonds is 4. The van der Waals surface area contributed by atoms with Gasteiger partial charge in [0.25, 0.3) is 0 Å². The van der Waals surface area contributed by atoms with Crippen LogP contribution in [0.3, 0.4) is 0 Å². The van der Waals surface area contributed by atoms with E-state index < -0.39 is 7.26 Å². The quantitative estimate of drug-likeness (QED) is 0.474. The van der Waals surface area contributed by atoms with E-state index >= 15 is 0 Å². The van der Waals surface area contributed by atoms with Crippen LogP contribution in [-0.4, -0.2) is 0 Å². The molecule has 0 aliphatic carbocycles. The van der Waals surface area contributed by atoms with Crippen molar-refractivity contribution in [3.05, 3.63) is 121 Å². The van der Waals surface area contributed by atoms with Gasteiger partial charge in [-0.25, -0.2) is 4.39 Å². The van der Waals surface area contributed by atoms with E-state index in [1.165, 1.54) is 15.9 Å². The maximum absolute atomic E-state index is 13.7. The molecule has 0 heterocycles. The van der Waals surface area contributed by atoms with Crippen molar-refractivity contribution < 1.29 is 4.39 Å². The van der Waals surface area contributed by atoms with Gasteiger partial charge in [-0.1, -0.05) is 54.6 Å². The zero-order chi connectivity index (χ0) is 17.8. The summed E-state index contributed by atoms with van der Waals surface area (Å²) in [5.74, 6) is -0.207. The predicted molar refractivity (Wildman–Crippen MR) is 111 cm³/mol. The summed E-state index contributed by atoms with van der Waals surface area (Å²) in [7, 11) is -2.09. The molecule has 0 atom stereocenters. The highest BCUT2D eigenvalue weighted by atomic mass is 31.2. The molecule has 0 aliphatic rings. The zero-order valence-electron chi connectivity index (χ0n) is 14.3. The number of hydrogen-bond acceptors (Lipinski definition) is 0. The molecule has 0 unspecified atom stereocenters. The summed E-state index contributed by atoms with van der Waals surface area (Å²) in [6, 6.07) is 38.8. The molecule has 0 aromatic heterocycles. The third-order valence-corrected chi connectivity index (χ3v) is 8.94. The van der Waals surface area contributed by atoms with Gasteiger partial charge in [0.1, 0.15) is 34.3 Å². The molecule has 0 radical (unpaired) electrons. The first-order valence-corrected chi connectivity index (χ1v) is 10.4. The van der Waals surface area contributed by atoms with E-state index in [1.807, 2.05) is 30.3 Å². The van der Waals surface area contributed by atoms with Crippen molar-refractivity contribution in [3.8, 4) is 0 Å². The molecule has 4 aromatic carbocycles. The largest absolute Gasteiger partial charge is 0.207 e. The molecule has 0 fully saturated rings. The van der Waals surface area contributed by atoms with Crippen LogP contribution in [0.15, 0.2) is 115 Å². The molecule has 0 aliphatic heterocycles. The van der Waals surface area contributed by atoms with Crippen molar-refractivity contribution in [1.29, 1.82) is 0 Å². The molecule has 0 saturated heterocycles. The van der Waals surface area contributed by atoms with Crippen LogP contribution >= 0.6 is 7.26 Å². The molecule has 0 saturated carbocycles. The van der Waals surface area contributed by atoms with Gasteiger partial charge in [-0.2, -0.15) is 0 Å². The summed E-state index contributed by atoms with van der Waals surface area (Å²) in [6.07, 6.45) is 0. The number of hydrogen-bond donors (Lipinski definition) is 0. The summed E-state index contributed by atoms with van der Waals surface area (Å²) in [4.78, 5) is 0. The molecule has 4 rings (SSSR count). The van der Waals surface area contributed by atoms with Crippen LogP contribution in [0.2, 0.25) is 0 Å². The highest BCUT2D eigenvalue weighted by Crippen LogP contribution is 2.54. The van der Waals surface area contributed by atoms with E-state index in [0.717, 1.165) is 5.30 Å². The molecule has 0 N–H and O–H groups in total. The summed E-state index contributed by atoms with van der Waals surface area (Å²) in [5, 5.41) is 4.96. The summed E-state index contributed by atoms with van der Waals surface area (Å²) >= 11 is 0. The lowest BCUT2D eigenvalue weighted by Gasteiger charge is -2.27. The molecular formula is C24H19FP+. The molecule has 0 spiro atoms. The Balaban J connectivity index is 2.12. The Kier molecular flexibility index (Phi) is 4.65. The van der Waals surface area contributed by atoms with Crippen molar-refractivity contribution in [2.75, 3.05) is 0 Å². The minimum atomic E-state index is -2.09. The molecule has 126 valence electrons. The summed E-state index contributed by atoms with van der Waals surface area (Å²) < 4.78 is 13.7. The van der Waals surface area contributed by atoms with Gasteiger partial charge in [0.2, 0.25) is 0 Å². The SMILES string of the molecule is [18F]c1ccc([P+](c2ccccc2)(c2ccccc2)c2ccccc2)cc1. The third-order valence-electron chi connectivity index (χ3n) is 4.64. The minimum absolute atomic E-state index is 0.207. The first-order valence-electron chi connectivity index (χ1n) is 8.64. The van der Waals surface area contributed by atoms with E-state index in [9.17, 15) is 4.39 Å². The predicted octanol–water partition coefficient (Wildman–Crippen LogP) is 4.45. The Morgan fingerprint density at radius 2 is 0.692 bits per heavy atom. The second-order valence-electron chi connectivity index (χ2n) is 6.15. The molecular weight excluding hydrogens is 337 g/mol. The average molecular weight is 356 g/mol. The van der Waals surface area contributed by atoms with E-state index in [4.69, 9.17) is 0 Å². The number of benzene rings is 4. The second-order valence-corrected chi connectivity index (χ2v) is 9.56. The van der Waals surface area contributed by atoms with Crippen LogP contribution in [-0.2, 0) is 0 Å². The van der Waals surface area contributed by atoms with Crippen LogP contribution in [0.1, 0.15) is 0 Å². The second kappa shape index (κ2) is 7.23. The highest BCUT2D eigenvalue weighted by molar-refractivity contribution is 8.01. The first-order chi connectivity index (χ1) is 12.8. The average Bonchev–Trinajstić information content (AvgIpc) is 2.72. The number of halogens is 1. The zero-order valence-corrected chi connectivity index (χ0v) is 15.2. The van der Waals surface area contributed by atoms with Crippen molar-refractivity contribution in [2.24, 2.45) is 0 Å². The van der Waals surface area contributed by atoms with Gasteiger partial charge >= 0.3 is 0 Å². The van der Waals surface area contributed by atoms with Gasteiger partial charge < -0.3 is 0 Å². The van der Waals surface area contributed by atoms with Crippen molar-refractivity contribution in [3.63, 3.8) is 0 Å². The van der Waals surface area contributed by atoms with E-state index in [1.54, 1.807) is 12.1 Å². The van der Waals surface area contributed by atoms with Crippen molar-refractivity contribution >= 4 is 28.5 Å². The molecule has 2 heteroatoms. The maximum atomic E-state index is 13.7. The fourth-order valence-electron chi connectivity index (χ4n) is 3.51. The fraction of sp³-hybridized carbons (Fsp3) is 0. The lowest BCUT2D eigenvalue weighted by molar-refractivity contribution is 0.628. The van der Waals surface area contributed by atoms with Gasteiger partial charge in [0.15, 0.2) is 0 Å². The molecule has 26 heavy (non-hydrogen) atoms. The third kappa shape index (κ3) is 2.85. The van der Waals surface area contributed by atoms with Gasteiger partial charge in [-0.3, -0.25) is 0 Å². The molecule has 0 nitrogen and oxygen atoms in total. The Morgan fingerprint density at radius 1 is 0.385 bits per heavy atom. The van der Waals surface area contributed by atoms with Crippen LogP contribution in [0.4, 0.5) is 4.39 Å². The van der Waals surface area contributed by atoms with Crippen LogP contribution in [0, 0.1) is 5.82 Å². The standard InChI is InChI=1S/C24H19FP/c25-20-16-18-24(19-17-20)26(21-10-4-1-5-11-21,22-12-6-2-7-13-22)23-14-8-3-9-15-23/h1-19H/q+1/i25-1. The fourth-order valence-corrected chi connectivity index (χ4v) is 7.76. The van der Waals surface area contributed by atoms with Crippen LogP contribution in [0.25, 0.3) is 0 Å².